The lowest BCUT2D eigenvalue weighted by molar-refractivity contribution is 0.0483. The Morgan fingerprint density at radius 2 is 2.14 bits per heavy atom. The minimum Gasteiger partial charge on any atom is -0.391 e. The van der Waals surface area contributed by atoms with Crippen LogP contribution in [0.1, 0.15) is 24.8 Å². The third-order valence-corrected chi connectivity index (χ3v) is 4.75. The number of hydrogen-bond acceptors (Lipinski definition) is 2. The Labute approximate surface area is 132 Å². The maximum Gasteiger partial charge on any atom is 0.173 e. The Bertz CT molecular complexity index is 517. The third-order valence-electron chi connectivity index (χ3n) is 4.36. The van der Waals surface area contributed by atoms with E-state index in [0.717, 1.165) is 30.5 Å². The largest absolute Gasteiger partial charge is 0.391 e. The number of anilines is 1. The fraction of sp³-hybridized carbons (Fsp3) is 0.471. The van der Waals surface area contributed by atoms with Gasteiger partial charge in [0.1, 0.15) is 0 Å². The van der Waals surface area contributed by atoms with Gasteiger partial charge in [0.15, 0.2) is 5.11 Å². The van der Waals surface area contributed by atoms with Crippen LogP contribution in [0.3, 0.4) is 0 Å². The summed E-state index contributed by atoms with van der Waals surface area (Å²) in [6.45, 7) is 5.93. The van der Waals surface area contributed by atoms with Gasteiger partial charge in [-0.05, 0) is 56.0 Å². The summed E-state index contributed by atoms with van der Waals surface area (Å²) in [4.78, 5) is 1.99. The van der Waals surface area contributed by atoms with E-state index in [2.05, 4.69) is 11.9 Å². The van der Waals surface area contributed by atoms with Gasteiger partial charge < -0.3 is 15.3 Å². The van der Waals surface area contributed by atoms with Crippen LogP contribution in [0.2, 0.25) is 0 Å². The van der Waals surface area contributed by atoms with Crippen molar-refractivity contribution in [3.05, 3.63) is 42.5 Å². The van der Waals surface area contributed by atoms with E-state index in [9.17, 15) is 5.11 Å². The van der Waals surface area contributed by atoms with E-state index in [-0.39, 0.29) is 12.1 Å². The molecule has 0 saturated heterocycles. The molecular formula is C17H24N2OS. The topological polar surface area (TPSA) is 35.5 Å². The second kappa shape index (κ2) is 7.05. The first-order valence-electron chi connectivity index (χ1n) is 7.43. The Kier molecular flexibility index (Phi) is 5.37. The lowest BCUT2D eigenvalue weighted by Gasteiger charge is -2.39. The molecular weight excluding hydrogens is 280 g/mol. The third kappa shape index (κ3) is 3.83. The first kappa shape index (κ1) is 16.0. The molecule has 114 valence electrons. The second-order valence-electron chi connectivity index (χ2n) is 5.80. The van der Waals surface area contributed by atoms with Gasteiger partial charge in [-0.25, -0.2) is 0 Å². The highest BCUT2D eigenvalue weighted by Crippen LogP contribution is 2.28. The number of rotatable bonds is 3. The minimum absolute atomic E-state index is 0.0470. The number of nitrogens with one attached hydrogen (secondary N) is 1. The van der Waals surface area contributed by atoms with Gasteiger partial charge in [-0.15, -0.1) is 6.58 Å². The summed E-state index contributed by atoms with van der Waals surface area (Å²) in [5, 5.41) is 14.2. The van der Waals surface area contributed by atoms with E-state index in [1.807, 2.05) is 49.2 Å². The average Bonchev–Trinajstić information content (AvgIpc) is 2.49. The molecule has 2 N–H and O–H groups in total. The smallest absolute Gasteiger partial charge is 0.173 e. The molecule has 0 bridgehead atoms. The molecule has 1 aromatic rings. The fourth-order valence-electron chi connectivity index (χ4n) is 2.86. The Balaban J connectivity index is 2.04. The van der Waals surface area contributed by atoms with Crippen LogP contribution in [0, 0.1) is 12.8 Å². The molecule has 0 radical (unpaired) electrons. The molecule has 1 aliphatic rings. The van der Waals surface area contributed by atoms with Crippen LogP contribution in [-0.2, 0) is 0 Å². The zero-order chi connectivity index (χ0) is 15.4. The standard InChI is InChI=1S/C17H24N2OS/c1-4-13-9-10-16(20)15(11-13)19(3)17(21)18-14-8-6-5-7-12(14)2/h4-8,13,15-16,20H,1,9-11H2,2-3H3,(H,18,21)/t13-,15+,16-/m1/s1. The van der Waals surface area contributed by atoms with Crippen LogP contribution in [-0.4, -0.2) is 34.3 Å². The molecule has 1 fully saturated rings. The molecule has 0 aromatic heterocycles. The summed E-state index contributed by atoms with van der Waals surface area (Å²) in [6.07, 6.45) is 4.37. The van der Waals surface area contributed by atoms with E-state index < -0.39 is 0 Å². The van der Waals surface area contributed by atoms with Crippen molar-refractivity contribution >= 4 is 23.0 Å². The molecule has 0 aliphatic heterocycles. The summed E-state index contributed by atoms with van der Waals surface area (Å²) in [5.41, 5.74) is 2.17. The van der Waals surface area contributed by atoms with Gasteiger partial charge in [0.2, 0.25) is 0 Å². The molecule has 0 unspecified atom stereocenters. The van der Waals surface area contributed by atoms with Crippen molar-refractivity contribution < 1.29 is 5.11 Å². The second-order valence-corrected chi connectivity index (χ2v) is 6.19. The maximum absolute atomic E-state index is 10.3. The predicted octanol–water partition coefficient (Wildman–Crippen LogP) is 3.34. The van der Waals surface area contributed by atoms with Crippen molar-refractivity contribution in [2.24, 2.45) is 5.92 Å². The van der Waals surface area contributed by atoms with Crippen molar-refractivity contribution in [2.45, 2.75) is 38.3 Å². The van der Waals surface area contributed by atoms with Crippen molar-refractivity contribution in [3.8, 4) is 0 Å². The van der Waals surface area contributed by atoms with E-state index >= 15 is 0 Å². The molecule has 1 aromatic carbocycles. The molecule has 0 amide bonds. The highest BCUT2D eigenvalue weighted by atomic mass is 32.1. The molecule has 0 heterocycles. The number of para-hydroxylation sites is 1. The number of hydrogen-bond donors (Lipinski definition) is 2. The van der Waals surface area contributed by atoms with Gasteiger partial charge in [-0.3, -0.25) is 0 Å². The molecule has 2 rings (SSSR count). The van der Waals surface area contributed by atoms with Gasteiger partial charge in [0, 0.05) is 12.7 Å². The quantitative estimate of drug-likeness (QED) is 0.663. The van der Waals surface area contributed by atoms with Crippen LogP contribution < -0.4 is 5.32 Å². The number of aliphatic hydroxyl groups excluding tert-OH is 1. The van der Waals surface area contributed by atoms with Gasteiger partial charge >= 0.3 is 0 Å². The number of thiocarbonyl (C=S) groups is 1. The van der Waals surface area contributed by atoms with Crippen molar-refractivity contribution in [2.75, 3.05) is 12.4 Å². The van der Waals surface area contributed by atoms with Crippen molar-refractivity contribution in [3.63, 3.8) is 0 Å². The van der Waals surface area contributed by atoms with Gasteiger partial charge in [0.05, 0.1) is 12.1 Å². The number of allylic oxidation sites excluding steroid dienone is 1. The first-order chi connectivity index (χ1) is 10.0. The number of nitrogens with zero attached hydrogens (tertiary/aromatic N) is 1. The van der Waals surface area contributed by atoms with E-state index in [1.165, 1.54) is 0 Å². The van der Waals surface area contributed by atoms with Crippen LogP contribution in [0.5, 0.6) is 0 Å². The van der Waals surface area contributed by atoms with Crippen LogP contribution in [0.4, 0.5) is 5.69 Å². The number of aliphatic hydroxyl groups is 1. The Hall–Kier alpha value is -1.39. The SMILES string of the molecule is C=C[C@@H]1CC[C@@H](O)[C@@H](N(C)C(=S)Nc2ccccc2C)C1. The lowest BCUT2D eigenvalue weighted by Crippen LogP contribution is -2.49. The maximum atomic E-state index is 10.3. The number of likely N-dealkylation sites (N-methyl/N-ethyl adjacent to an activating group) is 1. The summed E-state index contributed by atoms with van der Waals surface area (Å²) in [6, 6.07) is 8.10. The van der Waals surface area contributed by atoms with E-state index in [4.69, 9.17) is 12.2 Å². The molecule has 0 spiro atoms. The molecule has 4 heteroatoms. The van der Waals surface area contributed by atoms with Crippen molar-refractivity contribution in [1.82, 2.24) is 4.90 Å². The van der Waals surface area contributed by atoms with E-state index in [1.54, 1.807) is 0 Å². The lowest BCUT2D eigenvalue weighted by atomic mass is 9.83. The average molecular weight is 304 g/mol. The summed E-state index contributed by atoms with van der Waals surface area (Å²) >= 11 is 5.50. The summed E-state index contributed by atoms with van der Waals surface area (Å²) < 4.78 is 0. The van der Waals surface area contributed by atoms with Gasteiger partial charge in [-0.2, -0.15) is 0 Å². The normalized spacial score (nSPS) is 25.2. The number of aryl methyl sites for hydroxylation is 1. The molecule has 1 saturated carbocycles. The predicted molar refractivity (Wildman–Crippen MR) is 92.5 cm³/mol. The fourth-order valence-corrected chi connectivity index (χ4v) is 3.11. The Morgan fingerprint density at radius 1 is 1.43 bits per heavy atom. The molecule has 1 aliphatic carbocycles. The van der Waals surface area contributed by atoms with E-state index in [0.29, 0.717) is 11.0 Å². The minimum atomic E-state index is -0.331. The zero-order valence-corrected chi connectivity index (χ0v) is 13.6. The monoisotopic (exact) mass is 304 g/mol. The van der Waals surface area contributed by atoms with Gasteiger partial charge in [0.25, 0.3) is 0 Å². The van der Waals surface area contributed by atoms with Crippen molar-refractivity contribution in [1.29, 1.82) is 0 Å². The summed E-state index contributed by atoms with van der Waals surface area (Å²) in [5.74, 6) is 0.460. The van der Waals surface area contributed by atoms with Gasteiger partial charge in [-0.1, -0.05) is 24.3 Å². The molecule has 3 atom stereocenters. The summed E-state index contributed by atoms with van der Waals surface area (Å²) in [7, 11) is 1.95. The molecule has 3 nitrogen and oxygen atoms in total. The van der Waals surface area contributed by atoms with Crippen LogP contribution in [0.25, 0.3) is 0 Å². The molecule has 21 heavy (non-hydrogen) atoms. The zero-order valence-electron chi connectivity index (χ0n) is 12.7. The number of benzene rings is 1. The van der Waals surface area contributed by atoms with Crippen LogP contribution in [0.15, 0.2) is 36.9 Å². The highest BCUT2D eigenvalue weighted by molar-refractivity contribution is 7.80. The highest BCUT2D eigenvalue weighted by Gasteiger charge is 2.31. The Morgan fingerprint density at radius 3 is 2.81 bits per heavy atom. The van der Waals surface area contributed by atoms with Crippen LogP contribution >= 0.6 is 12.2 Å². The first-order valence-corrected chi connectivity index (χ1v) is 7.83.